The van der Waals surface area contributed by atoms with Gasteiger partial charge in [-0.15, -0.1) is 0 Å². The maximum absolute atomic E-state index is 12.9. The zero-order chi connectivity index (χ0) is 26.6. The molecular weight excluding hydrogens is 524 g/mol. The van der Waals surface area contributed by atoms with Crippen LogP contribution in [-0.4, -0.2) is 55.1 Å². The summed E-state index contributed by atoms with van der Waals surface area (Å²) in [5, 5.41) is 7.11. The second kappa shape index (κ2) is 11.1. The Morgan fingerprint density at radius 2 is 1.71 bits per heavy atom. The summed E-state index contributed by atoms with van der Waals surface area (Å²) in [5.41, 5.74) is 2.86. The molecule has 1 fully saturated rings. The monoisotopic (exact) mass is 548 g/mol. The first kappa shape index (κ1) is 25.6. The van der Waals surface area contributed by atoms with E-state index in [4.69, 9.17) is 33.0 Å². The van der Waals surface area contributed by atoms with E-state index in [1.54, 1.807) is 18.2 Å². The van der Waals surface area contributed by atoms with E-state index < -0.39 is 0 Å². The average Bonchev–Trinajstić information content (AvgIpc) is 3.37. The molecule has 0 bridgehead atoms. The van der Waals surface area contributed by atoms with E-state index in [1.165, 1.54) is 13.2 Å². The number of fused-ring (bicyclic) bond motifs is 1. The van der Waals surface area contributed by atoms with Gasteiger partial charge in [-0.3, -0.25) is 14.9 Å². The number of nitrogens with zero attached hydrogens (tertiary/aromatic N) is 2. The number of methoxy groups -OCH3 is 1. The van der Waals surface area contributed by atoms with Gasteiger partial charge < -0.3 is 24.3 Å². The van der Waals surface area contributed by atoms with Crippen LogP contribution in [0.3, 0.4) is 0 Å². The molecule has 0 atom stereocenters. The average molecular weight is 549 g/mol. The normalized spacial score (nSPS) is 13.3. The number of carbonyl (C=O) groups excluding carboxylic acids is 2. The Morgan fingerprint density at radius 1 is 0.974 bits per heavy atom. The van der Waals surface area contributed by atoms with E-state index in [2.05, 4.69) is 15.5 Å². The molecule has 8 nitrogen and oxygen atoms in total. The Kier molecular flexibility index (Phi) is 7.48. The quantitative estimate of drug-likeness (QED) is 0.332. The first-order valence-corrected chi connectivity index (χ1v) is 12.8. The zero-order valence-electron chi connectivity index (χ0n) is 20.6. The second-order valence-corrected chi connectivity index (χ2v) is 9.55. The fourth-order valence-corrected chi connectivity index (χ4v) is 4.78. The molecule has 1 aliphatic heterocycles. The van der Waals surface area contributed by atoms with Crippen molar-refractivity contribution in [3.8, 4) is 5.75 Å². The van der Waals surface area contributed by atoms with Crippen molar-refractivity contribution in [3.05, 3.63) is 89.1 Å². The number of piperazine rings is 1. The molecule has 38 heavy (non-hydrogen) atoms. The van der Waals surface area contributed by atoms with Crippen LogP contribution in [0.5, 0.6) is 5.75 Å². The molecule has 0 radical (unpaired) electrons. The van der Waals surface area contributed by atoms with Crippen LogP contribution in [0.25, 0.3) is 11.0 Å². The van der Waals surface area contributed by atoms with Gasteiger partial charge in [0.2, 0.25) is 0 Å². The smallest absolute Gasteiger partial charge is 0.289 e. The topological polar surface area (TPSA) is 87.0 Å². The molecule has 0 saturated carbocycles. The molecule has 194 valence electrons. The maximum atomic E-state index is 12.9. The molecular formula is C28H25ClN4O4S. The predicted octanol–water partition coefficient (Wildman–Crippen LogP) is 5.18. The van der Waals surface area contributed by atoms with Crippen molar-refractivity contribution in [2.45, 2.75) is 0 Å². The number of rotatable bonds is 5. The highest BCUT2D eigenvalue weighted by Gasteiger charge is 2.24. The second-order valence-electron chi connectivity index (χ2n) is 8.73. The van der Waals surface area contributed by atoms with Crippen LogP contribution in [0.2, 0.25) is 5.02 Å². The van der Waals surface area contributed by atoms with Gasteiger partial charge in [-0.25, -0.2) is 0 Å². The van der Waals surface area contributed by atoms with Gasteiger partial charge in [0.25, 0.3) is 11.8 Å². The van der Waals surface area contributed by atoms with E-state index >= 15 is 0 Å². The maximum Gasteiger partial charge on any atom is 0.289 e. The first-order valence-electron chi connectivity index (χ1n) is 12.0. The third-order valence-corrected chi connectivity index (χ3v) is 6.83. The van der Waals surface area contributed by atoms with E-state index in [0.29, 0.717) is 53.9 Å². The Labute approximate surface area is 230 Å². The molecule has 1 saturated heterocycles. The third-order valence-electron chi connectivity index (χ3n) is 6.33. The molecule has 1 aromatic heterocycles. The largest absolute Gasteiger partial charge is 0.495 e. The number of hydrogen-bond donors (Lipinski definition) is 2. The van der Waals surface area contributed by atoms with Crippen LogP contribution < -0.4 is 20.3 Å². The van der Waals surface area contributed by atoms with E-state index in [9.17, 15) is 9.59 Å². The molecule has 1 aliphatic rings. The van der Waals surface area contributed by atoms with Crippen molar-refractivity contribution >= 4 is 63.1 Å². The fraction of sp³-hybridized carbons (Fsp3) is 0.179. The number of anilines is 2. The number of amides is 2. The predicted molar refractivity (Wildman–Crippen MR) is 152 cm³/mol. The van der Waals surface area contributed by atoms with E-state index in [-0.39, 0.29) is 16.9 Å². The highest BCUT2D eigenvalue weighted by molar-refractivity contribution is 7.80. The third kappa shape index (κ3) is 5.58. The number of benzene rings is 3. The van der Waals surface area contributed by atoms with Crippen LogP contribution in [0.4, 0.5) is 11.4 Å². The van der Waals surface area contributed by atoms with E-state index in [0.717, 1.165) is 16.8 Å². The van der Waals surface area contributed by atoms with Crippen molar-refractivity contribution in [1.82, 2.24) is 10.2 Å². The van der Waals surface area contributed by atoms with Gasteiger partial charge in [-0.2, -0.15) is 0 Å². The lowest BCUT2D eigenvalue weighted by Crippen LogP contribution is -2.48. The SMILES string of the molecule is COc1ccc(C(=O)NC(=S)Nc2ccc(N3CCN(C(=O)c4cc5ccccc5o4)CC3)cc2)cc1Cl. The van der Waals surface area contributed by atoms with Gasteiger partial charge in [0, 0.05) is 48.5 Å². The lowest BCUT2D eigenvalue weighted by molar-refractivity contribution is 0.0717. The summed E-state index contributed by atoms with van der Waals surface area (Å²) in [5.74, 6) is 0.392. The number of nitrogens with one attached hydrogen (secondary N) is 2. The van der Waals surface area contributed by atoms with Gasteiger partial charge in [-0.05, 0) is 66.8 Å². The number of halogens is 1. The van der Waals surface area contributed by atoms with Crippen molar-refractivity contribution in [3.63, 3.8) is 0 Å². The Hall–Kier alpha value is -4.08. The number of carbonyl (C=O) groups is 2. The number of ether oxygens (including phenoxy) is 1. The molecule has 5 rings (SSSR count). The Morgan fingerprint density at radius 3 is 2.39 bits per heavy atom. The number of para-hydroxylation sites is 1. The molecule has 2 amide bonds. The summed E-state index contributed by atoms with van der Waals surface area (Å²) in [6, 6.07) is 21.9. The fourth-order valence-electron chi connectivity index (χ4n) is 4.31. The van der Waals surface area contributed by atoms with Crippen LogP contribution in [-0.2, 0) is 0 Å². The number of hydrogen-bond acceptors (Lipinski definition) is 6. The first-order chi connectivity index (χ1) is 18.4. The molecule has 2 N–H and O–H groups in total. The van der Waals surface area contributed by atoms with Crippen LogP contribution in [0.15, 0.2) is 77.2 Å². The lowest BCUT2D eigenvalue weighted by atomic mass is 10.2. The molecule has 2 heterocycles. The zero-order valence-corrected chi connectivity index (χ0v) is 22.1. The summed E-state index contributed by atoms with van der Waals surface area (Å²) in [6.07, 6.45) is 0. The standard InChI is InChI=1S/C28H25ClN4O4S/c1-36-24-11-6-19(16-22(24)29)26(34)31-28(38)30-20-7-9-21(10-8-20)32-12-14-33(15-13-32)27(35)25-17-18-4-2-3-5-23(18)37-25/h2-11,16-17H,12-15H2,1H3,(H2,30,31,34,38). The van der Waals surface area contributed by atoms with Crippen LogP contribution in [0, 0.1) is 0 Å². The molecule has 0 spiro atoms. The number of thiocarbonyl (C=S) groups is 1. The summed E-state index contributed by atoms with van der Waals surface area (Å²) in [7, 11) is 1.51. The minimum absolute atomic E-state index is 0.0899. The summed E-state index contributed by atoms with van der Waals surface area (Å²) in [6.45, 7) is 2.61. The molecule has 3 aromatic carbocycles. The Balaban J connectivity index is 1.13. The van der Waals surface area contributed by atoms with Crippen LogP contribution >= 0.6 is 23.8 Å². The number of furan rings is 1. The highest BCUT2D eigenvalue weighted by Crippen LogP contribution is 2.25. The van der Waals surface area contributed by atoms with Gasteiger partial charge >= 0.3 is 0 Å². The Bertz CT molecular complexity index is 1460. The minimum Gasteiger partial charge on any atom is -0.495 e. The molecule has 10 heteroatoms. The molecule has 0 unspecified atom stereocenters. The summed E-state index contributed by atoms with van der Waals surface area (Å²) in [4.78, 5) is 29.5. The van der Waals surface area contributed by atoms with Crippen molar-refractivity contribution in [1.29, 1.82) is 0 Å². The van der Waals surface area contributed by atoms with Crippen LogP contribution in [0.1, 0.15) is 20.9 Å². The van der Waals surface area contributed by atoms with Crippen molar-refractivity contribution < 1.29 is 18.7 Å². The van der Waals surface area contributed by atoms with Gasteiger partial charge in [0.15, 0.2) is 10.9 Å². The lowest BCUT2D eigenvalue weighted by Gasteiger charge is -2.35. The van der Waals surface area contributed by atoms with Crippen molar-refractivity contribution in [2.75, 3.05) is 43.5 Å². The van der Waals surface area contributed by atoms with Gasteiger partial charge in [0.1, 0.15) is 11.3 Å². The van der Waals surface area contributed by atoms with Gasteiger partial charge in [0.05, 0.1) is 12.1 Å². The summed E-state index contributed by atoms with van der Waals surface area (Å²) < 4.78 is 10.9. The van der Waals surface area contributed by atoms with E-state index in [1.807, 2.05) is 53.4 Å². The summed E-state index contributed by atoms with van der Waals surface area (Å²) >= 11 is 11.4. The van der Waals surface area contributed by atoms with Crippen molar-refractivity contribution in [2.24, 2.45) is 0 Å². The highest BCUT2D eigenvalue weighted by atomic mass is 35.5. The van der Waals surface area contributed by atoms with Gasteiger partial charge in [-0.1, -0.05) is 29.8 Å². The molecule has 0 aliphatic carbocycles. The minimum atomic E-state index is -0.376. The molecule has 4 aromatic rings.